The maximum absolute atomic E-state index is 11.9. The first-order valence-electron chi connectivity index (χ1n) is 6.00. The van der Waals surface area contributed by atoms with E-state index in [1.165, 1.54) is 0 Å². The van der Waals surface area contributed by atoms with Gasteiger partial charge in [0, 0.05) is 26.8 Å². The molecule has 0 aromatic carbocycles. The van der Waals surface area contributed by atoms with Gasteiger partial charge in [0.15, 0.2) is 0 Å². The van der Waals surface area contributed by atoms with E-state index in [2.05, 4.69) is 17.2 Å². The fourth-order valence-electron chi connectivity index (χ4n) is 1.70. The van der Waals surface area contributed by atoms with Crippen molar-refractivity contribution in [3.63, 3.8) is 0 Å². The van der Waals surface area contributed by atoms with Crippen molar-refractivity contribution < 1.29 is 4.79 Å². The van der Waals surface area contributed by atoms with Crippen LogP contribution in [-0.2, 0) is 11.3 Å². The van der Waals surface area contributed by atoms with Gasteiger partial charge < -0.3 is 14.8 Å². The van der Waals surface area contributed by atoms with Gasteiger partial charge in [0.05, 0.1) is 12.0 Å². The number of aromatic nitrogens is 2. The van der Waals surface area contributed by atoms with Crippen LogP contribution >= 0.6 is 0 Å². The van der Waals surface area contributed by atoms with Crippen LogP contribution in [0.2, 0.25) is 0 Å². The van der Waals surface area contributed by atoms with E-state index in [1.54, 1.807) is 25.3 Å². The van der Waals surface area contributed by atoms with Gasteiger partial charge in [-0.25, -0.2) is 4.98 Å². The normalized spacial score (nSPS) is 12.5. The number of carbonyl (C=O) groups is 1. The van der Waals surface area contributed by atoms with Crippen LogP contribution in [-0.4, -0.2) is 41.0 Å². The molecular formula is C12H22N4O. The number of imidazole rings is 1. The number of nitrogens with one attached hydrogen (secondary N) is 1. The molecule has 0 aliphatic heterocycles. The Morgan fingerprint density at radius 2 is 2.29 bits per heavy atom. The molecule has 0 radical (unpaired) electrons. The van der Waals surface area contributed by atoms with Gasteiger partial charge in [-0.1, -0.05) is 6.92 Å². The molecule has 1 unspecified atom stereocenters. The minimum atomic E-state index is -0.203. The van der Waals surface area contributed by atoms with Crippen molar-refractivity contribution in [3.05, 3.63) is 18.2 Å². The molecule has 1 aromatic heterocycles. The minimum Gasteiger partial charge on any atom is -0.347 e. The average molecular weight is 238 g/mol. The Hall–Kier alpha value is -1.36. The number of amides is 1. The highest BCUT2D eigenvalue weighted by Gasteiger charge is 2.18. The molecule has 5 heteroatoms. The molecule has 96 valence electrons. The summed E-state index contributed by atoms with van der Waals surface area (Å²) in [5, 5.41) is 3.32. The third-order valence-corrected chi connectivity index (χ3v) is 2.69. The third kappa shape index (κ3) is 3.56. The van der Waals surface area contributed by atoms with Crippen LogP contribution in [0.25, 0.3) is 0 Å². The zero-order valence-electron chi connectivity index (χ0n) is 11.1. The monoisotopic (exact) mass is 238 g/mol. The van der Waals surface area contributed by atoms with E-state index in [1.807, 2.05) is 17.7 Å². The van der Waals surface area contributed by atoms with E-state index in [0.717, 1.165) is 25.2 Å². The van der Waals surface area contributed by atoms with Gasteiger partial charge in [-0.05, 0) is 19.9 Å². The van der Waals surface area contributed by atoms with E-state index >= 15 is 0 Å². The Kier molecular flexibility index (Phi) is 5.15. The molecule has 0 aliphatic carbocycles. The summed E-state index contributed by atoms with van der Waals surface area (Å²) in [5.41, 5.74) is 1.04. The molecule has 0 aliphatic rings. The van der Waals surface area contributed by atoms with Crippen LogP contribution in [0.15, 0.2) is 12.5 Å². The van der Waals surface area contributed by atoms with E-state index in [4.69, 9.17) is 0 Å². The first-order chi connectivity index (χ1) is 8.07. The molecule has 0 saturated heterocycles. The number of likely N-dealkylation sites (N-methyl/N-ethyl adjacent to an activating group) is 1. The summed E-state index contributed by atoms with van der Waals surface area (Å²) in [6.45, 7) is 5.75. The zero-order chi connectivity index (χ0) is 12.8. The van der Waals surface area contributed by atoms with Crippen molar-refractivity contribution in [1.82, 2.24) is 19.8 Å². The lowest BCUT2D eigenvalue weighted by molar-refractivity contribution is -0.131. The molecule has 1 amide bonds. The predicted molar refractivity (Wildman–Crippen MR) is 67.6 cm³/mol. The molecule has 0 bridgehead atoms. The number of hydrogen-bond acceptors (Lipinski definition) is 3. The van der Waals surface area contributed by atoms with E-state index in [0.29, 0.717) is 0 Å². The number of nitrogens with zero attached hydrogens (tertiary/aromatic N) is 3. The summed E-state index contributed by atoms with van der Waals surface area (Å²) in [5.74, 6) is 0.0831. The fraction of sp³-hybridized carbons (Fsp3) is 0.667. The molecule has 17 heavy (non-hydrogen) atoms. The first-order valence-corrected chi connectivity index (χ1v) is 6.00. The summed E-state index contributed by atoms with van der Waals surface area (Å²) < 4.78 is 1.92. The van der Waals surface area contributed by atoms with E-state index < -0.39 is 0 Å². The standard InChI is InChI=1S/C12H22N4O/c1-5-6-13-7-11-8-14-9-16(11)10(2)12(17)15(3)4/h8-10,13H,5-7H2,1-4H3. The number of hydrogen-bond donors (Lipinski definition) is 1. The van der Waals surface area contributed by atoms with Gasteiger partial charge >= 0.3 is 0 Å². The summed E-state index contributed by atoms with van der Waals surface area (Å²) in [6.07, 6.45) is 4.62. The molecule has 0 spiro atoms. The quantitative estimate of drug-likeness (QED) is 0.753. The molecule has 5 nitrogen and oxygen atoms in total. The van der Waals surface area contributed by atoms with E-state index in [9.17, 15) is 4.79 Å². The van der Waals surface area contributed by atoms with Crippen LogP contribution in [0.3, 0.4) is 0 Å². The first kappa shape index (κ1) is 13.7. The van der Waals surface area contributed by atoms with Gasteiger partial charge in [-0.2, -0.15) is 0 Å². The highest BCUT2D eigenvalue weighted by molar-refractivity contribution is 5.79. The topological polar surface area (TPSA) is 50.2 Å². The highest BCUT2D eigenvalue weighted by Crippen LogP contribution is 2.11. The van der Waals surface area contributed by atoms with Crippen molar-refractivity contribution in [2.45, 2.75) is 32.9 Å². The number of carbonyl (C=O) groups excluding carboxylic acids is 1. The molecular weight excluding hydrogens is 216 g/mol. The maximum Gasteiger partial charge on any atom is 0.244 e. The van der Waals surface area contributed by atoms with Crippen LogP contribution in [0.4, 0.5) is 0 Å². The van der Waals surface area contributed by atoms with Crippen LogP contribution in [0.5, 0.6) is 0 Å². The zero-order valence-corrected chi connectivity index (χ0v) is 11.1. The summed E-state index contributed by atoms with van der Waals surface area (Å²) in [7, 11) is 3.54. The largest absolute Gasteiger partial charge is 0.347 e. The Labute approximate surface area is 103 Å². The Morgan fingerprint density at radius 3 is 2.88 bits per heavy atom. The molecule has 1 aromatic rings. The average Bonchev–Trinajstić information content (AvgIpc) is 2.75. The Balaban J connectivity index is 2.70. The second kappa shape index (κ2) is 6.39. The third-order valence-electron chi connectivity index (χ3n) is 2.69. The lowest BCUT2D eigenvalue weighted by Crippen LogP contribution is -2.31. The van der Waals surface area contributed by atoms with Gasteiger partial charge in [0.1, 0.15) is 6.04 Å². The molecule has 0 fully saturated rings. The maximum atomic E-state index is 11.9. The molecule has 1 N–H and O–H groups in total. The van der Waals surface area contributed by atoms with Crippen molar-refractivity contribution in [1.29, 1.82) is 0 Å². The van der Waals surface area contributed by atoms with Gasteiger partial charge in [-0.3, -0.25) is 4.79 Å². The van der Waals surface area contributed by atoms with Crippen molar-refractivity contribution in [3.8, 4) is 0 Å². The Morgan fingerprint density at radius 1 is 1.59 bits per heavy atom. The van der Waals surface area contributed by atoms with Crippen LogP contribution in [0.1, 0.15) is 32.0 Å². The predicted octanol–water partition coefficient (Wildman–Crippen LogP) is 1.03. The lowest BCUT2D eigenvalue weighted by atomic mass is 10.3. The van der Waals surface area contributed by atoms with Gasteiger partial charge in [-0.15, -0.1) is 0 Å². The molecule has 0 saturated carbocycles. The van der Waals surface area contributed by atoms with Gasteiger partial charge in [0.25, 0.3) is 0 Å². The second-order valence-electron chi connectivity index (χ2n) is 4.38. The van der Waals surface area contributed by atoms with Crippen molar-refractivity contribution in [2.24, 2.45) is 0 Å². The van der Waals surface area contributed by atoms with E-state index in [-0.39, 0.29) is 11.9 Å². The summed E-state index contributed by atoms with van der Waals surface area (Å²) >= 11 is 0. The van der Waals surface area contributed by atoms with Gasteiger partial charge in [0.2, 0.25) is 5.91 Å². The van der Waals surface area contributed by atoms with Crippen molar-refractivity contribution >= 4 is 5.91 Å². The second-order valence-corrected chi connectivity index (χ2v) is 4.38. The van der Waals surface area contributed by atoms with Crippen LogP contribution < -0.4 is 5.32 Å². The molecule has 1 rings (SSSR count). The fourth-order valence-corrected chi connectivity index (χ4v) is 1.70. The number of rotatable bonds is 6. The molecule has 1 atom stereocenters. The minimum absolute atomic E-state index is 0.0831. The summed E-state index contributed by atoms with van der Waals surface area (Å²) in [6, 6.07) is -0.203. The lowest BCUT2D eigenvalue weighted by Gasteiger charge is -2.20. The Bertz CT molecular complexity index is 359. The summed E-state index contributed by atoms with van der Waals surface area (Å²) in [4.78, 5) is 17.6. The smallest absolute Gasteiger partial charge is 0.244 e. The highest BCUT2D eigenvalue weighted by atomic mass is 16.2. The molecule has 1 heterocycles. The van der Waals surface area contributed by atoms with Crippen molar-refractivity contribution in [2.75, 3.05) is 20.6 Å². The SMILES string of the molecule is CCCNCc1cncn1C(C)C(=O)N(C)C. The van der Waals surface area contributed by atoms with Crippen LogP contribution in [0, 0.1) is 0 Å².